The minimum atomic E-state index is 0. The van der Waals surface area contributed by atoms with Gasteiger partial charge in [0.1, 0.15) is 0 Å². The molecule has 0 saturated carbocycles. The van der Waals surface area contributed by atoms with E-state index in [0.29, 0.717) is 0 Å². The number of likely N-dealkylation sites (tertiary alicyclic amines) is 1. The van der Waals surface area contributed by atoms with Crippen molar-refractivity contribution < 1.29 is 0 Å². The Balaban J connectivity index is 0.00000180. The summed E-state index contributed by atoms with van der Waals surface area (Å²) in [6.07, 6.45) is 3.94. The molecule has 1 fully saturated rings. The summed E-state index contributed by atoms with van der Waals surface area (Å²) >= 11 is 0. The van der Waals surface area contributed by atoms with Gasteiger partial charge in [0.15, 0.2) is 0 Å². The number of benzene rings is 1. The first-order valence-corrected chi connectivity index (χ1v) is 7.35. The third-order valence-corrected chi connectivity index (χ3v) is 3.82. The van der Waals surface area contributed by atoms with Crippen LogP contribution in [0.5, 0.6) is 0 Å². The molecule has 3 heteroatoms. The van der Waals surface area contributed by atoms with Crippen LogP contribution in [-0.2, 0) is 6.54 Å². The van der Waals surface area contributed by atoms with Crippen LogP contribution in [0.1, 0.15) is 31.7 Å². The van der Waals surface area contributed by atoms with Gasteiger partial charge in [-0.25, -0.2) is 0 Å². The highest BCUT2D eigenvalue weighted by Gasteiger charge is 2.18. The van der Waals surface area contributed by atoms with Crippen molar-refractivity contribution >= 4 is 12.4 Å². The number of halogens is 1. The van der Waals surface area contributed by atoms with E-state index in [4.69, 9.17) is 0 Å². The lowest BCUT2D eigenvalue weighted by Gasteiger charge is -2.32. The molecule has 1 aromatic carbocycles. The lowest BCUT2D eigenvalue weighted by Crippen LogP contribution is -2.37. The third kappa shape index (κ3) is 5.94. The summed E-state index contributed by atoms with van der Waals surface area (Å²) < 4.78 is 0. The van der Waals surface area contributed by atoms with E-state index >= 15 is 0 Å². The Morgan fingerprint density at radius 3 is 2.47 bits per heavy atom. The summed E-state index contributed by atoms with van der Waals surface area (Å²) in [6, 6.07) is 10.8. The smallest absolute Gasteiger partial charge is 0.0233 e. The second-order valence-electron chi connectivity index (χ2n) is 5.41. The molecule has 1 aliphatic heterocycles. The van der Waals surface area contributed by atoms with Crippen LogP contribution in [0.3, 0.4) is 0 Å². The maximum Gasteiger partial charge on any atom is 0.0233 e. The second-order valence-corrected chi connectivity index (χ2v) is 5.41. The first kappa shape index (κ1) is 16.5. The van der Waals surface area contributed by atoms with Crippen molar-refractivity contribution in [3.63, 3.8) is 0 Å². The van der Waals surface area contributed by atoms with Crippen LogP contribution in [0.25, 0.3) is 0 Å². The number of rotatable bonds is 6. The van der Waals surface area contributed by atoms with E-state index in [1.807, 2.05) is 0 Å². The molecule has 1 saturated heterocycles. The van der Waals surface area contributed by atoms with Gasteiger partial charge in [0.05, 0.1) is 0 Å². The zero-order valence-electron chi connectivity index (χ0n) is 12.0. The minimum Gasteiger partial charge on any atom is -0.316 e. The van der Waals surface area contributed by atoms with Crippen LogP contribution in [0.2, 0.25) is 0 Å². The van der Waals surface area contributed by atoms with Gasteiger partial charge in [0.25, 0.3) is 0 Å². The fourth-order valence-corrected chi connectivity index (χ4v) is 2.67. The van der Waals surface area contributed by atoms with E-state index in [0.717, 1.165) is 12.5 Å². The van der Waals surface area contributed by atoms with Crippen molar-refractivity contribution in [1.29, 1.82) is 0 Å². The molecule has 0 atom stereocenters. The molecule has 0 aromatic heterocycles. The van der Waals surface area contributed by atoms with Crippen LogP contribution in [0, 0.1) is 5.92 Å². The molecule has 0 amide bonds. The molecule has 0 radical (unpaired) electrons. The molecular weight excluding hydrogens is 256 g/mol. The Bertz CT molecular complexity index is 321. The van der Waals surface area contributed by atoms with Crippen molar-refractivity contribution in [3.8, 4) is 0 Å². The van der Waals surface area contributed by atoms with Crippen molar-refractivity contribution in [2.75, 3.05) is 26.2 Å². The molecule has 0 spiro atoms. The monoisotopic (exact) mass is 282 g/mol. The first-order chi connectivity index (χ1) is 8.88. The first-order valence-electron chi connectivity index (χ1n) is 7.35. The Morgan fingerprint density at radius 2 is 1.84 bits per heavy atom. The zero-order chi connectivity index (χ0) is 12.6. The average Bonchev–Trinajstić information content (AvgIpc) is 2.42. The lowest BCUT2D eigenvalue weighted by atomic mass is 9.96. The van der Waals surface area contributed by atoms with Gasteiger partial charge >= 0.3 is 0 Å². The molecule has 0 unspecified atom stereocenters. The van der Waals surface area contributed by atoms with Gasteiger partial charge in [-0.15, -0.1) is 12.4 Å². The summed E-state index contributed by atoms with van der Waals surface area (Å²) in [4.78, 5) is 2.59. The molecule has 1 N–H and O–H groups in total. The van der Waals surface area contributed by atoms with Gasteiger partial charge < -0.3 is 5.32 Å². The third-order valence-electron chi connectivity index (χ3n) is 3.82. The number of nitrogens with zero attached hydrogens (tertiary/aromatic N) is 1. The summed E-state index contributed by atoms with van der Waals surface area (Å²) in [5, 5.41) is 3.55. The number of piperidine rings is 1. The Hall–Kier alpha value is -0.570. The topological polar surface area (TPSA) is 15.3 Å². The number of hydrogen-bond acceptors (Lipinski definition) is 2. The highest BCUT2D eigenvalue weighted by molar-refractivity contribution is 5.85. The van der Waals surface area contributed by atoms with Crippen LogP contribution in [0.15, 0.2) is 30.3 Å². The van der Waals surface area contributed by atoms with Crippen LogP contribution in [-0.4, -0.2) is 31.1 Å². The van der Waals surface area contributed by atoms with Crippen molar-refractivity contribution in [2.45, 2.75) is 32.7 Å². The molecule has 1 heterocycles. The Labute approximate surface area is 124 Å². The minimum absolute atomic E-state index is 0. The van der Waals surface area contributed by atoms with Crippen LogP contribution in [0.4, 0.5) is 0 Å². The quantitative estimate of drug-likeness (QED) is 0.805. The van der Waals surface area contributed by atoms with E-state index < -0.39 is 0 Å². The van der Waals surface area contributed by atoms with E-state index in [2.05, 4.69) is 47.5 Å². The van der Waals surface area contributed by atoms with Gasteiger partial charge in [-0.1, -0.05) is 37.3 Å². The lowest BCUT2D eigenvalue weighted by molar-refractivity contribution is 0.175. The maximum absolute atomic E-state index is 3.55. The van der Waals surface area contributed by atoms with Gasteiger partial charge in [-0.2, -0.15) is 0 Å². The Kier molecular flexibility index (Phi) is 8.11. The van der Waals surface area contributed by atoms with E-state index in [1.54, 1.807) is 0 Å². The fourth-order valence-electron chi connectivity index (χ4n) is 2.67. The molecular formula is C16H27ClN2. The van der Waals surface area contributed by atoms with Gasteiger partial charge in [0, 0.05) is 6.54 Å². The van der Waals surface area contributed by atoms with E-state index in [9.17, 15) is 0 Å². The summed E-state index contributed by atoms with van der Waals surface area (Å²) in [5.74, 6) is 0.892. The van der Waals surface area contributed by atoms with E-state index in [1.165, 1.54) is 51.0 Å². The fraction of sp³-hybridized carbons (Fsp3) is 0.625. The number of hydrogen-bond donors (Lipinski definition) is 1. The predicted octanol–water partition coefficient (Wildman–Crippen LogP) is 3.32. The molecule has 0 aliphatic carbocycles. The predicted molar refractivity (Wildman–Crippen MR) is 84.9 cm³/mol. The molecule has 0 bridgehead atoms. The maximum atomic E-state index is 3.55. The normalized spacial score (nSPS) is 17.1. The molecule has 108 valence electrons. The highest BCUT2D eigenvalue weighted by Crippen LogP contribution is 2.18. The molecule has 2 nitrogen and oxygen atoms in total. The molecule has 1 aromatic rings. The Morgan fingerprint density at radius 1 is 1.16 bits per heavy atom. The molecule has 1 aliphatic rings. The second kappa shape index (κ2) is 9.35. The number of nitrogens with one attached hydrogen (secondary N) is 1. The van der Waals surface area contributed by atoms with Crippen molar-refractivity contribution in [1.82, 2.24) is 10.2 Å². The summed E-state index contributed by atoms with van der Waals surface area (Å²) in [5.41, 5.74) is 1.44. The van der Waals surface area contributed by atoms with Gasteiger partial charge in [0.2, 0.25) is 0 Å². The highest BCUT2D eigenvalue weighted by atomic mass is 35.5. The standard InChI is InChI=1S/C16H26N2.ClH/c1-2-10-17-13-15-8-11-18(12-9-15)14-16-6-4-3-5-7-16;/h3-7,15,17H,2,8-14H2,1H3;1H. The largest absolute Gasteiger partial charge is 0.316 e. The van der Waals surface area contributed by atoms with Crippen LogP contribution >= 0.6 is 12.4 Å². The SMILES string of the molecule is CCCNCC1CCN(Cc2ccccc2)CC1.Cl. The van der Waals surface area contributed by atoms with Crippen molar-refractivity contribution in [3.05, 3.63) is 35.9 Å². The molecule has 2 rings (SSSR count). The zero-order valence-corrected chi connectivity index (χ0v) is 12.8. The average molecular weight is 283 g/mol. The summed E-state index contributed by atoms with van der Waals surface area (Å²) in [6.45, 7) is 8.25. The van der Waals surface area contributed by atoms with Crippen molar-refractivity contribution in [2.24, 2.45) is 5.92 Å². The molecule has 19 heavy (non-hydrogen) atoms. The van der Waals surface area contributed by atoms with Gasteiger partial charge in [-0.05, 0) is 56.9 Å². The summed E-state index contributed by atoms with van der Waals surface area (Å²) in [7, 11) is 0. The van der Waals surface area contributed by atoms with E-state index in [-0.39, 0.29) is 12.4 Å². The van der Waals surface area contributed by atoms with Crippen LogP contribution < -0.4 is 5.32 Å². The van der Waals surface area contributed by atoms with Gasteiger partial charge in [-0.3, -0.25) is 4.90 Å².